The first-order valence-electron chi connectivity index (χ1n) is 8.27. The number of amides is 1. The zero-order chi connectivity index (χ0) is 18.4. The summed E-state index contributed by atoms with van der Waals surface area (Å²) < 4.78 is 15.9. The van der Waals surface area contributed by atoms with Gasteiger partial charge in [-0.1, -0.05) is 0 Å². The third-order valence-corrected chi connectivity index (χ3v) is 4.26. The molecule has 0 aromatic heterocycles. The largest absolute Gasteiger partial charge is 0.497 e. The van der Waals surface area contributed by atoms with Gasteiger partial charge in [-0.25, -0.2) is 0 Å². The molecule has 0 radical (unpaired) electrons. The summed E-state index contributed by atoms with van der Waals surface area (Å²) in [5, 5.41) is 9.19. The zero-order valence-electron chi connectivity index (χ0n) is 14.9. The van der Waals surface area contributed by atoms with E-state index >= 15 is 0 Å². The monoisotopic (exact) mass is 351 g/mol. The highest BCUT2D eigenvalue weighted by Crippen LogP contribution is 2.26. The van der Waals surface area contributed by atoms with Crippen LogP contribution < -0.4 is 9.47 Å². The number of methoxy groups -OCH3 is 2. The molecule has 1 aromatic carbocycles. The van der Waals surface area contributed by atoms with Gasteiger partial charge in [0.2, 0.25) is 5.91 Å². The topological polar surface area (TPSA) is 85.3 Å². The van der Waals surface area contributed by atoms with Gasteiger partial charge in [0.25, 0.3) is 0 Å². The van der Waals surface area contributed by atoms with Gasteiger partial charge in [-0.15, -0.1) is 0 Å². The summed E-state index contributed by atoms with van der Waals surface area (Å²) in [6.07, 6.45) is 1.23. The molecule has 0 saturated carbocycles. The van der Waals surface area contributed by atoms with Gasteiger partial charge in [0.1, 0.15) is 18.0 Å². The third kappa shape index (κ3) is 5.35. The van der Waals surface area contributed by atoms with E-state index in [9.17, 15) is 14.7 Å². The van der Waals surface area contributed by atoms with E-state index in [1.165, 1.54) is 4.90 Å². The molecule has 1 aliphatic rings. The summed E-state index contributed by atoms with van der Waals surface area (Å²) in [6.45, 7) is 2.29. The standard InChI is InChI=1S/C18H25NO6/c1-12-6-14(4-5-25-12)18(22)19(11-17(20)21)10-13-7-15(23-2)9-16(8-13)24-3/h7-9,12,14H,4-6,10-11H2,1-3H3,(H,20,21). The maximum atomic E-state index is 12.8. The molecule has 0 spiro atoms. The molecule has 2 rings (SSSR count). The van der Waals surface area contributed by atoms with Gasteiger partial charge in [0.15, 0.2) is 0 Å². The van der Waals surface area contributed by atoms with E-state index in [2.05, 4.69) is 0 Å². The van der Waals surface area contributed by atoms with E-state index in [4.69, 9.17) is 14.2 Å². The lowest BCUT2D eigenvalue weighted by molar-refractivity contribution is -0.149. The Kier molecular flexibility index (Phi) is 6.64. The molecule has 1 fully saturated rings. The van der Waals surface area contributed by atoms with Crippen LogP contribution >= 0.6 is 0 Å². The first-order valence-corrected chi connectivity index (χ1v) is 8.27. The molecule has 2 unspecified atom stereocenters. The second-order valence-corrected chi connectivity index (χ2v) is 6.21. The van der Waals surface area contributed by atoms with Crippen LogP contribution in [0.3, 0.4) is 0 Å². The van der Waals surface area contributed by atoms with Gasteiger partial charge in [0, 0.05) is 25.1 Å². The second kappa shape index (κ2) is 8.71. The lowest BCUT2D eigenvalue weighted by Crippen LogP contribution is -2.42. The lowest BCUT2D eigenvalue weighted by Gasteiger charge is -2.31. The molecule has 138 valence electrons. The predicted octanol–water partition coefficient (Wildman–Crippen LogP) is 1.93. The third-order valence-electron chi connectivity index (χ3n) is 4.26. The molecule has 1 saturated heterocycles. The molecule has 2 atom stereocenters. The maximum absolute atomic E-state index is 12.8. The minimum absolute atomic E-state index is 0.00583. The summed E-state index contributed by atoms with van der Waals surface area (Å²) in [4.78, 5) is 25.4. The Hall–Kier alpha value is -2.28. The van der Waals surface area contributed by atoms with Crippen molar-refractivity contribution in [2.45, 2.75) is 32.4 Å². The van der Waals surface area contributed by atoms with Gasteiger partial charge in [0.05, 0.1) is 20.3 Å². The molecule has 7 nitrogen and oxygen atoms in total. The Labute approximate surface area is 147 Å². The molecule has 1 amide bonds. The molecule has 1 aromatic rings. The Morgan fingerprint density at radius 2 is 1.88 bits per heavy atom. The normalized spacial score (nSPS) is 20.0. The number of hydrogen-bond acceptors (Lipinski definition) is 5. The number of rotatable bonds is 7. The number of nitrogens with zero attached hydrogens (tertiary/aromatic N) is 1. The van der Waals surface area contributed by atoms with Crippen LogP contribution in [0.4, 0.5) is 0 Å². The maximum Gasteiger partial charge on any atom is 0.323 e. The quantitative estimate of drug-likeness (QED) is 0.808. The number of hydrogen-bond donors (Lipinski definition) is 1. The average Bonchev–Trinajstić information content (AvgIpc) is 2.59. The van der Waals surface area contributed by atoms with Crippen molar-refractivity contribution in [1.29, 1.82) is 0 Å². The fourth-order valence-corrected chi connectivity index (χ4v) is 3.03. The van der Waals surface area contributed by atoms with Crippen molar-refractivity contribution in [1.82, 2.24) is 4.90 Å². The minimum Gasteiger partial charge on any atom is -0.497 e. The van der Waals surface area contributed by atoms with Gasteiger partial charge >= 0.3 is 5.97 Å². The molecule has 1 aliphatic heterocycles. The van der Waals surface area contributed by atoms with Crippen molar-refractivity contribution in [2.24, 2.45) is 5.92 Å². The molecule has 0 aliphatic carbocycles. The van der Waals surface area contributed by atoms with Crippen molar-refractivity contribution in [3.63, 3.8) is 0 Å². The zero-order valence-corrected chi connectivity index (χ0v) is 14.9. The molecule has 0 bridgehead atoms. The molecular weight excluding hydrogens is 326 g/mol. The van der Waals surface area contributed by atoms with Crippen molar-refractivity contribution in [3.8, 4) is 11.5 Å². The minimum atomic E-state index is -1.04. The Morgan fingerprint density at radius 1 is 1.24 bits per heavy atom. The van der Waals surface area contributed by atoms with E-state index in [1.807, 2.05) is 6.92 Å². The summed E-state index contributed by atoms with van der Waals surface area (Å²) >= 11 is 0. The number of carboxylic acid groups (broad SMARTS) is 1. The molecule has 1 N–H and O–H groups in total. The summed E-state index contributed by atoms with van der Waals surface area (Å²) in [7, 11) is 3.09. The number of ether oxygens (including phenoxy) is 3. The van der Waals surface area contributed by atoms with Crippen LogP contribution in [0.25, 0.3) is 0 Å². The van der Waals surface area contributed by atoms with Crippen LogP contribution in [-0.2, 0) is 20.9 Å². The lowest BCUT2D eigenvalue weighted by atomic mass is 9.94. The van der Waals surface area contributed by atoms with Crippen LogP contribution in [0.15, 0.2) is 18.2 Å². The van der Waals surface area contributed by atoms with Crippen LogP contribution in [0.1, 0.15) is 25.3 Å². The summed E-state index contributed by atoms with van der Waals surface area (Å²) in [6, 6.07) is 5.28. The number of carbonyl (C=O) groups is 2. The first kappa shape index (κ1) is 19.1. The van der Waals surface area contributed by atoms with E-state index < -0.39 is 5.97 Å². The smallest absolute Gasteiger partial charge is 0.323 e. The average molecular weight is 351 g/mol. The summed E-state index contributed by atoms with van der Waals surface area (Å²) in [5.41, 5.74) is 0.755. The van der Waals surface area contributed by atoms with Crippen molar-refractivity contribution < 1.29 is 28.9 Å². The fourth-order valence-electron chi connectivity index (χ4n) is 3.03. The van der Waals surface area contributed by atoms with E-state index in [1.54, 1.807) is 32.4 Å². The first-order chi connectivity index (χ1) is 11.9. The van der Waals surface area contributed by atoms with Gasteiger partial charge in [-0.05, 0) is 37.5 Å². The van der Waals surface area contributed by atoms with Crippen molar-refractivity contribution in [2.75, 3.05) is 27.4 Å². The Balaban J connectivity index is 2.19. The second-order valence-electron chi connectivity index (χ2n) is 6.21. The van der Waals surface area contributed by atoms with Gasteiger partial charge in [-0.2, -0.15) is 0 Å². The van der Waals surface area contributed by atoms with Crippen LogP contribution in [0.5, 0.6) is 11.5 Å². The molecular formula is C18H25NO6. The van der Waals surface area contributed by atoms with E-state index in [0.29, 0.717) is 30.9 Å². The van der Waals surface area contributed by atoms with Crippen LogP contribution in [0, 0.1) is 5.92 Å². The number of carboxylic acids is 1. The molecule has 1 heterocycles. The van der Waals surface area contributed by atoms with Gasteiger partial charge < -0.3 is 24.2 Å². The van der Waals surface area contributed by atoms with E-state index in [-0.39, 0.29) is 31.0 Å². The van der Waals surface area contributed by atoms with Crippen molar-refractivity contribution in [3.05, 3.63) is 23.8 Å². The number of aliphatic carboxylic acids is 1. The number of benzene rings is 1. The SMILES string of the molecule is COc1cc(CN(CC(=O)O)C(=O)C2CCOC(C)C2)cc(OC)c1. The summed E-state index contributed by atoms with van der Waals surface area (Å²) in [5.74, 6) is -0.216. The van der Waals surface area contributed by atoms with Crippen molar-refractivity contribution >= 4 is 11.9 Å². The highest BCUT2D eigenvalue weighted by Gasteiger charge is 2.30. The van der Waals surface area contributed by atoms with Crippen LogP contribution in [0.2, 0.25) is 0 Å². The predicted molar refractivity (Wildman–Crippen MR) is 90.7 cm³/mol. The number of carbonyl (C=O) groups excluding carboxylic acids is 1. The highest BCUT2D eigenvalue weighted by atomic mass is 16.5. The Bertz CT molecular complexity index is 595. The Morgan fingerprint density at radius 3 is 2.40 bits per heavy atom. The highest BCUT2D eigenvalue weighted by molar-refractivity contribution is 5.83. The fraction of sp³-hybridized carbons (Fsp3) is 0.556. The molecule has 7 heteroatoms. The molecule has 25 heavy (non-hydrogen) atoms. The van der Waals surface area contributed by atoms with Gasteiger partial charge in [-0.3, -0.25) is 9.59 Å². The van der Waals surface area contributed by atoms with E-state index in [0.717, 1.165) is 5.56 Å². The van der Waals surface area contributed by atoms with Crippen LogP contribution in [-0.4, -0.2) is 55.4 Å².